The highest BCUT2D eigenvalue weighted by atomic mass is 16.1. The second kappa shape index (κ2) is 9.31. The molecule has 1 aromatic carbocycles. The van der Waals surface area contributed by atoms with Crippen LogP contribution >= 0.6 is 0 Å². The van der Waals surface area contributed by atoms with E-state index < -0.39 is 0 Å². The molecule has 0 aliphatic carbocycles. The zero-order valence-corrected chi connectivity index (χ0v) is 20.1. The molecule has 1 aliphatic rings. The molecule has 1 saturated heterocycles. The quantitative estimate of drug-likeness (QED) is 0.642. The number of amides is 1. The molecule has 0 bridgehead atoms. The zero-order chi connectivity index (χ0) is 23.6. The largest absolute Gasteiger partial charge is 0.369 e. The first-order chi connectivity index (χ1) is 15.7. The lowest BCUT2D eigenvalue weighted by molar-refractivity contribution is 0.102. The summed E-state index contributed by atoms with van der Waals surface area (Å²) in [6, 6.07) is 12.0. The van der Waals surface area contributed by atoms with Crippen LogP contribution < -0.4 is 10.2 Å². The van der Waals surface area contributed by atoms with Crippen molar-refractivity contribution in [3.05, 3.63) is 60.0 Å². The van der Waals surface area contributed by atoms with Crippen LogP contribution in [0.25, 0.3) is 5.95 Å². The number of nitrogens with one attached hydrogen (secondary N) is 1. The van der Waals surface area contributed by atoms with E-state index >= 15 is 0 Å². The average Bonchev–Trinajstić information content (AvgIpc) is 3.24. The van der Waals surface area contributed by atoms with Gasteiger partial charge >= 0.3 is 0 Å². The van der Waals surface area contributed by atoms with Crippen LogP contribution in [-0.2, 0) is 5.41 Å². The highest BCUT2D eigenvalue weighted by Gasteiger charge is 2.23. The zero-order valence-electron chi connectivity index (χ0n) is 20.1. The van der Waals surface area contributed by atoms with Gasteiger partial charge in [0, 0.05) is 67.3 Å². The van der Waals surface area contributed by atoms with Gasteiger partial charge in [-0.1, -0.05) is 20.8 Å². The van der Waals surface area contributed by atoms with Crippen molar-refractivity contribution >= 4 is 17.4 Å². The van der Waals surface area contributed by atoms with Crippen molar-refractivity contribution in [1.82, 2.24) is 24.6 Å². The average molecular weight is 448 g/mol. The Hall–Kier alpha value is -3.26. The SMILES string of the molecule is CC(C)N1CCN(c2ccc(C(=O)Nc3cc(C(C)(C)C)nn3-c3ncccn3)cc2)CC1. The Balaban J connectivity index is 1.50. The summed E-state index contributed by atoms with van der Waals surface area (Å²) in [6.07, 6.45) is 3.32. The molecule has 8 heteroatoms. The normalized spacial score (nSPS) is 15.2. The molecule has 1 fully saturated rings. The van der Waals surface area contributed by atoms with E-state index in [0.29, 0.717) is 23.4 Å². The van der Waals surface area contributed by atoms with Gasteiger partial charge in [0.2, 0.25) is 0 Å². The number of piperazine rings is 1. The number of nitrogens with zero attached hydrogens (tertiary/aromatic N) is 6. The number of hydrogen-bond donors (Lipinski definition) is 1. The van der Waals surface area contributed by atoms with Gasteiger partial charge in [-0.15, -0.1) is 0 Å². The molecule has 33 heavy (non-hydrogen) atoms. The van der Waals surface area contributed by atoms with Crippen LogP contribution in [0.15, 0.2) is 48.8 Å². The maximum absolute atomic E-state index is 13.0. The molecule has 0 spiro atoms. The molecule has 1 N–H and O–H groups in total. The summed E-state index contributed by atoms with van der Waals surface area (Å²) >= 11 is 0. The number of hydrogen-bond acceptors (Lipinski definition) is 6. The van der Waals surface area contributed by atoms with E-state index in [9.17, 15) is 4.79 Å². The lowest BCUT2D eigenvalue weighted by atomic mass is 9.92. The Kier molecular flexibility index (Phi) is 6.47. The molecule has 3 aromatic rings. The van der Waals surface area contributed by atoms with E-state index in [4.69, 9.17) is 0 Å². The molecule has 0 unspecified atom stereocenters. The number of carbonyl (C=O) groups excluding carboxylic acids is 1. The molecular formula is C25H33N7O. The lowest BCUT2D eigenvalue weighted by Crippen LogP contribution is -2.48. The van der Waals surface area contributed by atoms with Gasteiger partial charge in [-0.2, -0.15) is 9.78 Å². The van der Waals surface area contributed by atoms with Crippen LogP contribution in [0, 0.1) is 0 Å². The first kappa shape index (κ1) is 22.9. The van der Waals surface area contributed by atoms with Gasteiger partial charge in [0.05, 0.1) is 5.69 Å². The van der Waals surface area contributed by atoms with Crippen molar-refractivity contribution in [1.29, 1.82) is 0 Å². The van der Waals surface area contributed by atoms with Gasteiger partial charge in [0.1, 0.15) is 5.82 Å². The number of benzene rings is 1. The fraction of sp³-hybridized carbons (Fsp3) is 0.440. The van der Waals surface area contributed by atoms with Crippen LogP contribution in [0.4, 0.5) is 11.5 Å². The highest BCUT2D eigenvalue weighted by molar-refractivity contribution is 6.04. The first-order valence-corrected chi connectivity index (χ1v) is 11.5. The van der Waals surface area contributed by atoms with Crippen LogP contribution in [0.5, 0.6) is 0 Å². The van der Waals surface area contributed by atoms with Gasteiger partial charge in [0.25, 0.3) is 11.9 Å². The summed E-state index contributed by atoms with van der Waals surface area (Å²) in [6.45, 7) is 14.8. The van der Waals surface area contributed by atoms with Crippen molar-refractivity contribution in [2.45, 2.75) is 46.1 Å². The maximum Gasteiger partial charge on any atom is 0.256 e. The summed E-state index contributed by atoms with van der Waals surface area (Å²) in [5.41, 5.74) is 2.41. The Morgan fingerprint density at radius 1 is 1.00 bits per heavy atom. The van der Waals surface area contributed by atoms with Crippen molar-refractivity contribution in [2.75, 3.05) is 36.4 Å². The second-order valence-corrected chi connectivity index (χ2v) is 9.74. The van der Waals surface area contributed by atoms with E-state index in [0.717, 1.165) is 37.6 Å². The lowest BCUT2D eigenvalue weighted by Gasteiger charge is -2.38. The predicted octanol–water partition coefficient (Wildman–Crippen LogP) is 3.74. The molecule has 4 rings (SSSR count). The minimum absolute atomic E-state index is 0.180. The van der Waals surface area contributed by atoms with Crippen LogP contribution in [-0.4, -0.2) is 62.8 Å². The molecular weight excluding hydrogens is 414 g/mol. The van der Waals surface area contributed by atoms with E-state index in [2.05, 4.69) is 64.8 Å². The Morgan fingerprint density at radius 2 is 1.64 bits per heavy atom. The number of rotatable bonds is 5. The molecule has 0 saturated carbocycles. The number of aromatic nitrogens is 4. The van der Waals surface area contributed by atoms with Crippen molar-refractivity contribution < 1.29 is 4.79 Å². The first-order valence-electron chi connectivity index (χ1n) is 11.5. The molecule has 0 atom stereocenters. The number of anilines is 2. The van der Waals surface area contributed by atoms with Crippen LogP contribution in [0.2, 0.25) is 0 Å². The monoisotopic (exact) mass is 447 g/mol. The fourth-order valence-corrected chi connectivity index (χ4v) is 3.90. The van der Waals surface area contributed by atoms with E-state index in [1.165, 1.54) is 0 Å². The second-order valence-electron chi connectivity index (χ2n) is 9.74. The molecule has 174 valence electrons. The van der Waals surface area contributed by atoms with Gasteiger partial charge in [-0.05, 0) is 44.2 Å². The van der Waals surface area contributed by atoms with Crippen LogP contribution in [0.1, 0.15) is 50.7 Å². The van der Waals surface area contributed by atoms with E-state index in [-0.39, 0.29) is 11.3 Å². The van der Waals surface area contributed by atoms with Crippen molar-refractivity contribution in [3.63, 3.8) is 0 Å². The molecule has 1 amide bonds. The molecule has 1 aliphatic heterocycles. The topological polar surface area (TPSA) is 79.2 Å². The highest BCUT2D eigenvalue weighted by Crippen LogP contribution is 2.26. The minimum atomic E-state index is -0.191. The third-order valence-electron chi connectivity index (χ3n) is 6.00. The Labute approximate surface area is 195 Å². The molecule has 3 heterocycles. The minimum Gasteiger partial charge on any atom is -0.369 e. The van der Waals surface area contributed by atoms with E-state index in [1.54, 1.807) is 23.1 Å². The smallest absolute Gasteiger partial charge is 0.256 e. The maximum atomic E-state index is 13.0. The summed E-state index contributed by atoms with van der Waals surface area (Å²) in [7, 11) is 0. The third-order valence-corrected chi connectivity index (χ3v) is 6.00. The molecule has 2 aromatic heterocycles. The van der Waals surface area contributed by atoms with Gasteiger partial charge in [-0.25, -0.2) is 9.97 Å². The summed E-state index contributed by atoms with van der Waals surface area (Å²) in [5.74, 6) is 0.771. The third kappa shape index (κ3) is 5.22. The van der Waals surface area contributed by atoms with E-state index in [1.807, 2.05) is 30.3 Å². The summed E-state index contributed by atoms with van der Waals surface area (Å²) in [5, 5.41) is 7.65. The predicted molar refractivity (Wildman–Crippen MR) is 131 cm³/mol. The summed E-state index contributed by atoms with van der Waals surface area (Å²) < 4.78 is 1.58. The van der Waals surface area contributed by atoms with Gasteiger partial charge in [0.15, 0.2) is 0 Å². The summed E-state index contributed by atoms with van der Waals surface area (Å²) in [4.78, 5) is 26.5. The van der Waals surface area contributed by atoms with Crippen molar-refractivity contribution in [2.24, 2.45) is 0 Å². The fourth-order valence-electron chi connectivity index (χ4n) is 3.90. The standard InChI is InChI=1S/C25H33N7O/c1-18(2)30-13-15-31(16-14-30)20-9-7-19(8-10-20)23(33)28-22-17-21(25(3,4)5)29-32(22)24-26-11-6-12-27-24/h6-12,17-18H,13-16H2,1-5H3,(H,28,33). The van der Waals surface area contributed by atoms with Gasteiger partial charge < -0.3 is 10.2 Å². The number of carbonyl (C=O) groups is 1. The Morgan fingerprint density at radius 3 is 2.21 bits per heavy atom. The Bertz CT molecular complexity index is 1080. The molecule has 8 nitrogen and oxygen atoms in total. The van der Waals surface area contributed by atoms with Gasteiger partial charge in [-0.3, -0.25) is 9.69 Å². The van der Waals surface area contributed by atoms with Crippen LogP contribution in [0.3, 0.4) is 0 Å². The van der Waals surface area contributed by atoms with Crippen molar-refractivity contribution in [3.8, 4) is 5.95 Å². The molecule has 0 radical (unpaired) electrons.